The number of halogens is 1. The number of nitrogens with zero attached hydrogens (tertiary/aromatic N) is 1. The number of carbonyl (C=O) groups excluding carboxylic acids is 1. The summed E-state index contributed by atoms with van der Waals surface area (Å²) in [6, 6.07) is 10.9. The number of benzene rings is 1. The summed E-state index contributed by atoms with van der Waals surface area (Å²) in [5.74, 6) is 0.173. The summed E-state index contributed by atoms with van der Waals surface area (Å²) >= 11 is 3.90. The smallest absolute Gasteiger partial charge is 0.255 e. The van der Waals surface area contributed by atoms with E-state index in [9.17, 15) is 4.79 Å². The molecule has 1 amide bonds. The highest BCUT2D eigenvalue weighted by atomic mass is 127. The van der Waals surface area contributed by atoms with Crippen LogP contribution in [-0.4, -0.2) is 16.8 Å². The average molecular weight is 397 g/mol. The van der Waals surface area contributed by atoms with Crippen LogP contribution in [0.1, 0.15) is 34.3 Å². The molecule has 0 bridgehead atoms. The zero-order chi connectivity index (χ0) is 14.1. The predicted molar refractivity (Wildman–Crippen MR) is 91.1 cm³/mol. The number of carbonyl (C=O) groups is 1. The summed E-state index contributed by atoms with van der Waals surface area (Å²) in [6.45, 7) is 2.80. The quantitative estimate of drug-likeness (QED) is 0.698. The van der Waals surface area contributed by atoms with Gasteiger partial charge in [-0.1, -0.05) is 29.8 Å². The van der Waals surface area contributed by atoms with Crippen LogP contribution in [-0.2, 0) is 6.54 Å². The number of hydrogen-bond donors (Lipinski definition) is 0. The van der Waals surface area contributed by atoms with Crippen molar-refractivity contribution in [2.45, 2.75) is 32.4 Å². The number of thiophene rings is 1. The molecule has 4 heteroatoms. The fourth-order valence-corrected chi connectivity index (χ4v) is 3.55. The van der Waals surface area contributed by atoms with Crippen LogP contribution in [0.3, 0.4) is 0 Å². The van der Waals surface area contributed by atoms with Crippen LogP contribution in [0.5, 0.6) is 0 Å². The Morgan fingerprint density at radius 3 is 2.60 bits per heavy atom. The van der Waals surface area contributed by atoms with Crippen molar-refractivity contribution in [3.8, 4) is 0 Å². The van der Waals surface area contributed by atoms with Crippen molar-refractivity contribution in [2.24, 2.45) is 0 Å². The minimum Gasteiger partial charge on any atom is -0.331 e. The summed E-state index contributed by atoms with van der Waals surface area (Å²) in [7, 11) is 0. The van der Waals surface area contributed by atoms with E-state index in [1.807, 2.05) is 16.3 Å². The lowest BCUT2D eigenvalue weighted by atomic mass is 10.1. The van der Waals surface area contributed by atoms with Crippen LogP contribution in [0.25, 0.3) is 0 Å². The number of aryl methyl sites for hydroxylation is 1. The van der Waals surface area contributed by atoms with Crippen LogP contribution in [0, 0.1) is 9.81 Å². The van der Waals surface area contributed by atoms with E-state index in [1.165, 1.54) is 11.1 Å². The minimum absolute atomic E-state index is 0.173. The topological polar surface area (TPSA) is 20.3 Å². The van der Waals surface area contributed by atoms with Crippen molar-refractivity contribution in [3.05, 3.63) is 55.3 Å². The highest BCUT2D eigenvalue weighted by molar-refractivity contribution is 14.1. The standard InChI is InChI=1S/C16H16INOS/c1-11-2-4-12(5-3-11)9-18(14-6-7-14)16(19)13-8-15(17)20-10-13/h2-5,8,10,14H,6-7,9H2,1H3. The first kappa shape index (κ1) is 14.1. The van der Waals surface area contributed by atoms with Crippen molar-refractivity contribution >= 4 is 39.8 Å². The molecule has 1 heterocycles. The molecular formula is C16H16INOS. The van der Waals surface area contributed by atoms with Gasteiger partial charge >= 0.3 is 0 Å². The SMILES string of the molecule is Cc1ccc(CN(C(=O)c2csc(I)c2)C2CC2)cc1. The summed E-state index contributed by atoms with van der Waals surface area (Å²) < 4.78 is 1.16. The van der Waals surface area contributed by atoms with E-state index in [4.69, 9.17) is 0 Å². The van der Waals surface area contributed by atoms with Gasteiger partial charge in [-0.2, -0.15) is 0 Å². The van der Waals surface area contributed by atoms with Gasteiger partial charge in [0.1, 0.15) is 0 Å². The number of rotatable bonds is 4. The van der Waals surface area contributed by atoms with E-state index in [2.05, 4.69) is 53.8 Å². The third kappa shape index (κ3) is 3.23. The molecule has 0 aliphatic heterocycles. The van der Waals surface area contributed by atoms with Crippen LogP contribution in [0.4, 0.5) is 0 Å². The van der Waals surface area contributed by atoms with E-state index in [0.29, 0.717) is 6.04 Å². The van der Waals surface area contributed by atoms with E-state index < -0.39 is 0 Å². The van der Waals surface area contributed by atoms with E-state index in [-0.39, 0.29) is 5.91 Å². The molecule has 0 saturated heterocycles. The second-order valence-corrected chi connectivity index (χ2v) is 8.09. The monoisotopic (exact) mass is 397 g/mol. The summed E-state index contributed by atoms with van der Waals surface area (Å²) in [6.07, 6.45) is 2.28. The van der Waals surface area contributed by atoms with Crippen LogP contribution in [0.15, 0.2) is 35.7 Å². The van der Waals surface area contributed by atoms with Gasteiger partial charge in [0.25, 0.3) is 5.91 Å². The van der Waals surface area contributed by atoms with Gasteiger partial charge in [0.15, 0.2) is 0 Å². The normalized spacial score (nSPS) is 14.3. The molecule has 2 aromatic rings. The molecule has 0 atom stereocenters. The summed E-state index contributed by atoms with van der Waals surface area (Å²) in [5.41, 5.74) is 3.30. The lowest BCUT2D eigenvalue weighted by Crippen LogP contribution is -2.32. The van der Waals surface area contributed by atoms with Gasteiger partial charge in [-0.15, -0.1) is 11.3 Å². The molecule has 0 unspecified atom stereocenters. The zero-order valence-electron chi connectivity index (χ0n) is 11.3. The Morgan fingerprint density at radius 1 is 1.35 bits per heavy atom. The average Bonchev–Trinajstić information content (AvgIpc) is 3.19. The van der Waals surface area contributed by atoms with Gasteiger partial charge in [0.2, 0.25) is 0 Å². The highest BCUT2D eigenvalue weighted by Gasteiger charge is 2.33. The van der Waals surface area contributed by atoms with Crippen molar-refractivity contribution in [3.63, 3.8) is 0 Å². The van der Waals surface area contributed by atoms with E-state index >= 15 is 0 Å². The molecule has 1 aromatic heterocycles. The molecule has 1 aliphatic rings. The lowest BCUT2D eigenvalue weighted by Gasteiger charge is -2.22. The van der Waals surface area contributed by atoms with Gasteiger partial charge in [-0.25, -0.2) is 0 Å². The number of hydrogen-bond acceptors (Lipinski definition) is 2. The molecule has 0 N–H and O–H groups in total. The Labute approximate surface area is 136 Å². The molecule has 3 rings (SSSR count). The lowest BCUT2D eigenvalue weighted by molar-refractivity contribution is 0.0730. The van der Waals surface area contributed by atoms with Crippen LogP contribution in [0.2, 0.25) is 0 Å². The van der Waals surface area contributed by atoms with Crippen molar-refractivity contribution in [1.82, 2.24) is 4.90 Å². The molecule has 0 spiro atoms. The Bertz CT molecular complexity index is 616. The second-order valence-electron chi connectivity index (χ2n) is 5.29. The Balaban J connectivity index is 1.79. The molecule has 104 valence electrons. The third-order valence-electron chi connectivity index (χ3n) is 3.54. The van der Waals surface area contributed by atoms with E-state index in [1.54, 1.807) is 11.3 Å². The molecule has 1 fully saturated rings. The molecule has 2 nitrogen and oxygen atoms in total. The summed E-state index contributed by atoms with van der Waals surface area (Å²) in [5, 5.41) is 1.97. The molecule has 0 radical (unpaired) electrons. The van der Waals surface area contributed by atoms with Gasteiger partial charge < -0.3 is 4.90 Å². The van der Waals surface area contributed by atoms with Gasteiger partial charge in [0, 0.05) is 18.0 Å². The summed E-state index contributed by atoms with van der Waals surface area (Å²) in [4.78, 5) is 14.7. The maximum Gasteiger partial charge on any atom is 0.255 e. The second kappa shape index (κ2) is 5.85. The van der Waals surface area contributed by atoms with Crippen molar-refractivity contribution in [2.75, 3.05) is 0 Å². The first-order chi connectivity index (χ1) is 9.63. The Hall–Kier alpha value is -0.880. The minimum atomic E-state index is 0.173. The predicted octanol–water partition coefficient (Wildman–Crippen LogP) is 4.47. The molecule has 1 aromatic carbocycles. The Morgan fingerprint density at radius 2 is 2.05 bits per heavy atom. The fraction of sp³-hybridized carbons (Fsp3) is 0.312. The van der Waals surface area contributed by atoms with E-state index in [0.717, 1.165) is 27.8 Å². The maximum atomic E-state index is 12.6. The highest BCUT2D eigenvalue weighted by Crippen LogP contribution is 2.30. The van der Waals surface area contributed by atoms with Gasteiger partial charge in [-0.05, 0) is 54.0 Å². The Kier molecular flexibility index (Phi) is 4.12. The van der Waals surface area contributed by atoms with Crippen molar-refractivity contribution in [1.29, 1.82) is 0 Å². The fourth-order valence-electron chi connectivity index (χ4n) is 2.23. The van der Waals surface area contributed by atoms with Crippen molar-refractivity contribution < 1.29 is 4.79 Å². The molecule has 1 aliphatic carbocycles. The molecule has 1 saturated carbocycles. The zero-order valence-corrected chi connectivity index (χ0v) is 14.3. The first-order valence-electron chi connectivity index (χ1n) is 6.74. The largest absolute Gasteiger partial charge is 0.331 e. The third-order valence-corrected chi connectivity index (χ3v) is 5.33. The molecular weight excluding hydrogens is 381 g/mol. The van der Waals surface area contributed by atoms with Crippen LogP contribution >= 0.6 is 33.9 Å². The van der Waals surface area contributed by atoms with Crippen LogP contribution < -0.4 is 0 Å². The van der Waals surface area contributed by atoms with Gasteiger partial charge in [-0.3, -0.25) is 4.79 Å². The molecule has 20 heavy (non-hydrogen) atoms. The van der Waals surface area contributed by atoms with Gasteiger partial charge in [0.05, 0.1) is 8.45 Å². The number of amides is 1. The first-order valence-corrected chi connectivity index (χ1v) is 8.70. The maximum absolute atomic E-state index is 12.6.